The molecule has 0 bridgehead atoms. The summed E-state index contributed by atoms with van der Waals surface area (Å²) < 4.78 is 39.5. The van der Waals surface area contributed by atoms with Gasteiger partial charge < -0.3 is 20.3 Å². The minimum absolute atomic E-state index is 0.0873. The van der Waals surface area contributed by atoms with E-state index in [9.17, 15) is 18.7 Å². The number of aliphatic hydroxyl groups excluding tert-OH is 1. The Morgan fingerprint density at radius 3 is 2.73 bits per heavy atom. The summed E-state index contributed by atoms with van der Waals surface area (Å²) in [5.41, 5.74) is 3.77. The Hall–Kier alpha value is -1.58. The van der Waals surface area contributed by atoms with Gasteiger partial charge in [-0.25, -0.2) is 4.79 Å². The molecule has 1 aliphatic heterocycles. The third-order valence-corrected chi connectivity index (χ3v) is 3.16. The van der Waals surface area contributed by atoms with E-state index in [1.807, 2.05) is 0 Å². The van der Waals surface area contributed by atoms with Gasteiger partial charge in [0.25, 0.3) is 0 Å². The number of hydrogen-bond donors (Lipinski definition) is 2. The van der Waals surface area contributed by atoms with Crippen molar-refractivity contribution in [3.63, 3.8) is 0 Å². The van der Waals surface area contributed by atoms with Crippen LogP contribution in [0.25, 0.3) is 0 Å². The third kappa shape index (κ3) is 3.26. The van der Waals surface area contributed by atoms with E-state index in [4.69, 9.17) is 15.2 Å². The molecule has 124 valence electrons. The quantitative estimate of drug-likeness (QED) is 0.843. The van der Waals surface area contributed by atoms with Crippen LogP contribution in [0.15, 0.2) is 17.1 Å². The lowest BCUT2D eigenvalue weighted by Crippen LogP contribution is -2.42. The molecule has 2 rings (SSSR count). The molecule has 0 spiro atoms. The molecule has 22 heavy (non-hydrogen) atoms. The predicted octanol–water partition coefficient (Wildman–Crippen LogP) is 0.534. The lowest BCUT2D eigenvalue weighted by molar-refractivity contribution is -0.141. The summed E-state index contributed by atoms with van der Waals surface area (Å²) in [5, 5.41) is 9.78. The molecule has 3 N–H and O–H groups in total. The molecule has 0 aliphatic carbocycles. The molecule has 7 nitrogen and oxygen atoms in total. The Kier molecular flexibility index (Phi) is 4.24. The SMILES string of the molecule is CC(C)(C)OCC1O[C@@H](n2ccc(N)nc2=O)C(F)(F)C1O. The van der Waals surface area contributed by atoms with Crippen molar-refractivity contribution in [3.05, 3.63) is 22.7 Å². The molecule has 1 aromatic rings. The van der Waals surface area contributed by atoms with Gasteiger partial charge in [-0.1, -0.05) is 0 Å². The number of aliphatic hydroxyl groups is 1. The van der Waals surface area contributed by atoms with Crippen molar-refractivity contribution in [2.75, 3.05) is 12.3 Å². The molecule has 2 heterocycles. The number of nitrogens with zero attached hydrogens (tertiary/aromatic N) is 2. The van der Waals surface area contributed by atoms with Crippen molar-refractivity contribution in [1.82, 2.24) is 9.55 Å². The molecule has 3 atom stereocenters. The van der Waals surface area contributed by atoms with E-state index in [-0.39, 0.29) is 12.4 Å². The first-order valence-electron chi connectivity index (χ1n) is 6.72. The zero-order valence-electron chi connectivity index (χ0n) is 12.5. The number of alkyl halides is 2. The summed E-state index contributed by atoms with van der Waals surface area (Å²) in [7, 11) is 0. The van der Waals surface area contributed by atoms with Crippen LogP contribution >= 0.6 is 0 Å². The number of rotatable bonds is 3. The summed E-state index contributed by atoms with van der Waals surface area (Å²) in [6.07, 6.45) is -4.26. The van der Waals surface area contributed by atoms with E-state index in [2.05, 4.69) is 4.98 Å². The van der Waals surface area contributed by atoms with Crippen LogP contribution in [0.4, 0.5) is 14.6 Å². The van der Waals surface area contributed by atoms with Crippen LogP contribution in [0.3, 0.4) is 0 Å². The van der Waals surface area contributed by atoms with Gasteiger partial charge in [-0.15, -0.1) is 0 Å². The van der Waals surface area contributed by atoms with E-state index in [0.29, 0.717) is 4.57 Å². The van der Waals surface area contributed by atoms with Crippen LogP contribution in [-0.2, 0) is 9.47 Å². The summed E-state index contributed by atoms with van der Waals surface area (Å²) in [4.78, 5) is 15.1. The van der Waals surface area contributed by atoms with Crippen molar-refractivity contribution in [1.29, 1.82) is 0 Å². The number of halogens is 2. The Labute approximate surface area is 125 Å². The smallest absolute Gasteiger partial charge is 0.351 e. The lowest BCUT2D eigenvalue weighted by atomic mass is 10.1. The monoisotopic (exact) mass is 319 g/mol. The normalized spacial score (nSPS) is 28.0. The first-order chi connectivity index (χ1) is 10.0. The highest BCUT2D eigenvalue weighted by molar-refractivity contribution is 5.23. The van der Waals surface area contributed by atoms with Crippen molar-refractivity contribution in [2.24, 2.45) is 0 Å². The maximum absolute atomic E-state index is 14.2. The fourth-order valence-electron chi connectivity index (χ4n) is 2.04. The Morgan fingerprint density at radius 1 is 1.55 bits per heavy atom. The maximum Gasteiger partial charge on any atom is 0.351 e. The number of nitrogens with two attached hydrogens (primary N) is 1. The molecule has 0 radical (unpaired) electrons. The van der Waals surface area contributed by atoms with E-state index in [1.165, 1.54) is 6.07 Å². The number of nitrogen functional groups attached to an aromatic ring is 1. The predicted molar refractivity (Wildman–Crippen MR) is 73.5 cm³/mol. The van der Waals surface area contributed by atoms with Crippen LogP contribution in [-0.4, -0.2) is 45.0 Å². The van der Waals surface area contributed by atoms with Gasteiger partial charge in [0.1, 0.15) is 11.9 Å². The number of ether oxygens (including phenoxy) is 2. The van der Waals surface area contributed by atoms with Gasteiger partial charge in [-0.05, 0) is 26.8 Å². The van der Waals surface area contributed by atoms with Crippen LogP contribution in [0.2, 0.25) is 0 Å². The highest BCUT2D eigenvalue weighted by Gasteiger charge is 2.59. The molecule has 0 saturated carbocycles. The Morgan fingerprint density at radius 2 is 2.18 bits per heavy atom. The molecule has 1 fully saturated rings. The molecule has 9 heteroatoms. The van der Waals surface area contributed by atoms with Gasteiger partial charge >= 0.3 is 11.6 Å². The van der Waals surface area contributed by atoms with Crippen molar-refractivity contribution >= 4 is 5.82 Å². The van der Waals surface area contributed by atoms with Gasteiger partial charge in [0, 0.05) is 6.20 Å². The zero-order valence-corrected chi connectivity index (χ0v) is 12.5. The standard InChI is InChI=1S/C13H19F2N3O4/c1-12(2,3)21-6-7-9(19)13(14,15)10(22-7)18-5-4-8(16)17-11(18)20/h4-5,7,9-10,19H,6H2,1-3H3,(H2,16,17,20)/t7?,9?,10-/m1/s1. The third-order valence-electron chi connectivity index (χ3n) is 3.16. The average molecular weight is 319 g/mol. The molecular formula is C13H19F2N3O4. The summed E-state index contributed by atoms with van der Waals surface area (Å²) in [6.45, 7) is 5.02. The zero-order chi connectivity index (χ0) is 16.7. The molecule has 0 aromatic carbocycles. The average Bonchev–Trinajstić information content (AvgIpc) is 2.59. The van der Waals surface area contributed by atoms with Crippen molar-refractivity contribution in [3.8, 4) is 0 Å². The summed E-state index contributed by atoms with van der Waals surface area (Å²) in [6, 6.07) is 1.20. The fraction of sp³-hybridized carbons (Fsp3) is 0.692. The Bertz CT molecular complexity index is 600. The number of hydrogen-bond acceptors (Lipinski definition) is 6. The van der Waals surface area contributed by atoms with E-state index in [0.717, 1.165) is 6.20 Å². The first-order valence-corrected chi connectivity index (χ1v) is 6.72. The summed E-state index contributed by atoms with van der Waals surface area (Å²) in [5.74, 6) is -3.75. The molecule has 1 aliphatic rings. The Balaban J connectivity index is 2.24. The largest absolute Gasteiger partial charge is 0.384 e. The minimum Gasteiger partial charge on any atom is -0.384 e. The topological polar surface area (TPSA) is 99.6 Å². The van der Waals surface area contributed by atoms with Crippen LogP contribution in [0.5, 0.6) is 0 Å². The van der Waals surface area contributed by atoms with Gasteiger partial charge in [-0.2, -0.15) is 13.8 Å². The van der Waals surface area contributed by atoms with Gasteiger partial charge in [0.2, 0.25) is 6.23 Å². The number of anilines is 1. The molecule has 2 unspecified atom stereocenters. The van der Waals surface area contributed by atoms with Crippen LogP contribution < -0.4 is 11.4 Å². The van der Waals surface area contributed by atoms with Gasteiger partial charge in [-0.3, -0.25) is 4.57 Å². The molecule has 1 aromatic heterocycles. The highest BCUT2D eigenvalue weighted by atomic mass is 19.3. The fourth-order valence-corrected chi connectivity index (χ4v) is 2.04. The first kappa shape index (κ1) is 16.8. The molecular weight excluding hydrogens is 300 g/mol. The van der Waals surface area contributed by atoms with E-state index in [1.54, 1.807) is 20.8 Å². The summed E-state index contributed by atoms with van der Waals surface area (Å²) >= 11 is 0. The van der Waals surface area contributed by atoms with Gasteiger partial charge in [0.15, 0.2) is 6.10 Å². The lowest BCUT2D eigenvalue weighted by Gasteiger charge is -2.23. The second-order valence-electron chi connectivity index (χ2n) is 6.11. The van der Waals surface area contributed by atoms with Crippen molar-refractivity contribution < 1.29 is 23.4 Å². The van der Waals surface area contributed by atoms with E-state index >= 15 is 0 Å². The van der Waals surface area contributed by atoms with Crippen LogP contribution in [0.1, 0.15) is 27.0 Å². The molecule has 1 saturated heterocycles. The van der Waals surface area contributed by atoms with E-state index < -0.39 is 35.6 Å². The van der Waals surface area contributed by atoms with Gasteiger partial charge in [0.05, 0.1) is 12.2 Å². The second-order valence-corrected chi connectivity index (χ2v) is 6.11. The van der Waals surface area contributed by atoms with Crippen LogP contribution in [0, 0.1) is 0 Å². The second kappa shape index (κ2) is 5.56. The maximum atomic E-state index is 14.2. The van der Waals surface area contributed by atoms with Crippen molar-refractivity contribution in [2.45, 2.75) is 50.7 Å². The minimum atomic E-state index is -3.66. The molecule has 0 amide bonds. The number of aromatic nitrogens is 2. The highest BCUT2D eigenvalue weighted by Crippen LogP contribution is 2.42.